The van der Waals surface area contributed by atoms with Crippen LogP contribution < -0.4 is 21.5 Å². The van der Waals surface area contributed by atoms with Crippen molar-refractivity contribution in [1.29, 1.82) is 0 Å². The predicted molar refractivity (Wildman–Crippen MR) is 127 cm³/mol. The number of pyridine rings is 1. The fraction of sp³-hybridized carbons (Fsp3) is 0.280. The second-order valence-corrected chi connectivity index (χ2v) is 8.33. The van der Waals surface area contributed by atoms with Crippen LogP contribution in [0.5, 0.6) is 0 Å². The number of carbonyl (C=O) groups is 1. The highest BCUT2D eigenvalue weighted by Crippen LogP contribution is 2.32. The minimum Gasteiger partial charge on any atom is -0.399 e. The van der Waals surface area contributed by atoms with Gasteiger partial charge in [-0.05, 0) is 55.0 Å². The number of nitrogen functional groups attached to an aromatic ring is 1. The van der Waals surface area contributed by atoms with Crippen molar-refractivity contribution >= 4 is 17.3 Å². The molecule has 3 aromatic rings. The summed E-state index contributed by atoms with van der Waals surface area (Å²) in [5.41, 5.74) is 6.32. The normalized spacial score (nSPS) is 15.0. The number of nitrogens with one attached hydrogen (secondary N) is 1. The topological polar surface area (TPSA) is 89.6 Å². The SMILES string of the molecule is C[C@@H](NC(=O)c1ccc(=O)n(-c2cccc(N3CCOCC3)c2)c1)c1cc(N)cc(C(F)(F)F)c1. The van der Waals surface area contributed by atoms with Gasteiger partial charge in [-0.2, -0.15) is 13.2 Å². The Morgan fingerprint density at radius 2 is 1.77 bits per heavy atom. The molecule has 0 saturated carbocycles. The van der Waals surface area contributed by atoms with E-state index in [9.17, 15) is 22.8 Å². The fourth-order valence-corrected chi connectivity index (χ4v) is 3.94. The quantitative estimate of drug-likeness (QED) is 0.536. The van der Waals surface area contributed by atoms with Crippen LogP contribution in [0, 0.1) is 0 Å². The van der Waals surface area contributed by atoms with E-state index in [0.29, 0.717) is 18.9 Å². The van der Waals surface area contributed by atoms with Gasteiger partial charge in [0.15, 0.2) is 0 Å². The molecule has 1 atom stereocenters. The van der Waals surface area contributed by atoms with Gasteiger partial charge in [-0.15, -0.1) is 0 Å². The van der Waals surface area contributed by atoms with Crippen molar-refractivity contribution in [2.45, 2.75) is 19.1 Å². The van der Waals surface area contributed by atoms with E-state index < -0.39 is 23.7 Å². The molecule has 0 radical (unpaired) electrons. The summed E-state index contributed by atoms with van der Waals surface area (Å²) in [5.74, 6) is -0.536. The molecule has 1 fully saturated rings. The van der Waals surface area contributed by atoms with Crippen molar-refractivity contribution in [3.8, 4) is 5.69 Å². The number of rotatable bonds is 5. The number of hydrogen-bond acceptors (Lipinski definition) is 5. The van der Waals surface area contributed by atoms with Crippen LogP contribution in [0.3, 0.4) is 0 Å². The van der Waals surface area contributed by atoms with E-state index in [1.807, 2.05) is 18.2 Å². The van der Waals surface area contributed by atoms with E-state index in [2.05, 4.69) is 10.2 Å². The molecule has 7 nitrogen and oxygen atoms in total. The number of benzene rings is 2. The Kier molecular flexibility index (Phi) is 6.83. The highest BCUT2D eigenvalue weighted by atomic mass is 19.4. The number of anilines is 2. The molecule has 1 aliphatic heterocycles. The van der Waals surface area contributed by atoms with Gasteiger partial charge >= 0.3 is 6.18 Å². The van der Waals surface area contributed by atoms with Crippen molar-refractivity contribution in [3.63, 3.8) is 0 Å². The Bertz CT molecular complexity index is 1280. The number of aromatic nitrogens is 1. The average molecular weight is 486 g/mol. The summed E-state index contributed by atoms with van der Waals surface area (Å²) in [6, 6.07) is 12.5. The van der Waals surface area contributed by atoms with Gasteiger partial charge in [0.25, 0.3) is 11.5 Å². The molecule has 3 N–H and O–H groups in total. The lowest BCUT2D eigenvalue weighted by Crippen LogP contribution is -2.36. The van der Waals surface area contributed by atoms with Gasteiger partial charge in [-0.1, -0.05) is 6.07 Å². The van der Waals surface area contributed by atoms with Crippen molar-refractivity contribution < 1.29 is 22.7 Å². The number of amides is 1. The molecule has 1 aromatic heterocycles. The molecule has 4 rings (SSSR count). The van der Waals surface area contributed by atoms with Crippen molar-refractivity contribution in [1.82, 2.24) is 9.88 Å². The molecule has 1 amide bonds. The fourth-order valence-electron chi connectivity index (χ4n) is 3.94. The number of nitrogens with two attached hydrogens (primary N) is 1. The summed E-state index contributed by atoms with van der Waals surface area (Å²) < 4.78 is 46.2. The first-order valence-corrected chi connectivity index (χ1v) is 11.1. The third kappa shape index (κ3) is 5.65. The molecule has 0 spiro atoms. The van der Waals surface area contributed by atoms with E-state index >= 15 is 0 Å². The van der Waals surface area contributed by atoms with Gasteiger partial charge in [0.05, 0.1) is 36.1 Å². The zero-order valence-corrected chi connectivity index (χ0v) is 19.0. The minimum absolute atomic E-state index is 0.0513. The Morgan fingerprint density at radius 1 is 1.06 bits per heavy atom. The molecule has 1 aliphatic rings. The van der Waals surface area contributed by atoms with E-state index in [0.717, 1.165) is 30.9 Å². The number of morpholine rings is 1. The molecule has 0 aliphatic carbocycles. The molecule has 2 aromatic carbocycles. The first-order valence-electron chi connectivity index (χ1n) is 11.1. The van der Waals surface area contributed by atoms with Gasteiger partial charge in [0, 0.05) is 36.7 Å². The second kappa shape index (κ2) is 9.83. The maximum atomic E-state index is 13.1. The number of hydrogen-bond donors (Lipinski definition) is 2. The monoisotopic (exact) mass is 486 g/mol. The maximum Gasteiger partial charge on any atom is 0.416 e. The summed E-state index contributed by atoms with van der Waals surface area (Å²) in [6.45, 7) is 4.28. The number of halogens is 3. The highest BCUT2D eigenvalue weighted by Gasteiger charge is 2.31. The van der Waals surface area contributed by atoms with Crippen LogP contribution >= 0.6 is 0 Å². The lowest BCUT2D eigenvalue weighted by atomic mass is 10.0. The van der Waals surface area contributed by atoms with Crippen molar-refractivity contribution in [2.24, 2.45) is 0 Å². The molecule has 10 heteroatoms. The van der Waals surface area contributed by atoms with E-state index in [1.165, 1.54) is 29.0 Å². The van der Waals surface area contributed by atoms with Crippen molar-refractivity contribution in [3.05, 3.63) is 87.8 Å². The van der Waals surface area contributed by atoms with Gasteiger partial charge < -0.3 is 20.7 Å². The Hall–Kier alpha value is -3.79. The highest BCUT2D eigenvalue weighted by molar-refractivity contribution is 5.94. The van der Waals surface area contributed by atoms with Crippen LogP contribution in [0.25, 0.3) is 5.69 Å². The zero-order valence-electron chi connectivity index (χ0n) is 19.0. The summed E-state index contributed by atoms with van der Waals surface area (Å²) in [4.78, 5) is 27.6. The number of ether oxygens (including phenoxy) is 1. The molecule has 35 heavy (non-hydrogen) atoms. The molecule has 184 valence electrons. The molecular weight excluding hydrogens is 461 g/mol. The van der Waals surface area contributed by atoms with Gasteiger partial charge in [-0.25, -0.2) is 0 Å². The molecular formula is C25H25F3N4O3. The summed E-state index contributed by atoms with van der Waals surface area (Å²) in [7, 11) is 0. The summed E-state index contributed by atoms with van der Waals surface area (Å²) in [6.07, 6.45) is -3.14. The largest absolute Gasteiger partial charge is 0.416 e. The first-order chi connectivity index (χ1) is 16.6. The lowest BCUT2D eigenvalue weighted by molar-refractivity contribution is -0.137. The Morgan fingerprint density at radius 3 is 2.49 bits per heavy atom. The standard InChI is InChI=1S/C25H25F3N4O3/c1-16(18-11-19(25(26,27)28)13-20(29)12-18)30-24(34)17-5-6-23(33)32(15-17)22-4-2-3-21(14-22)31-7-9-35-10-8-31/h2-6,11-16H,7-10,29H2,1H3,(H,30,34)/t16-/m1/s1. The second-order valence-electron chi connectivity index (χ2n) is 8.33. The third-order valence-electron chi connectivity index (χ3n) is 5.81. The summed E-state index contributed by atoms with van der Waals surface area (Å²) in [5, 5.41) is 2.68. The van der Waals surface area contributed by atoms with Crippen LogP contribution in [-0.4, -0.2) is 36.8 Å². The third-order valence-corrected chi connectivity index (χ3v) is 5.81. The smallest absolute Gasteiger partial charge is 0.399 e. The Labute approximate surface area is 199 Å². The van der Waals surface area contributed by atoms with Crippen LogP contribution in [0.2, 0.25) is 0 Å². The number of carbonyl (C=O) groups excluding carboxylic acids is 1. The minimum atomic E-state index is -4.56. The summed E-state index contributed by atoms with van der Waals surface area (Å²) >= 11 is 0. The number of alkyl halides is 3. The van der Waals surface area contributed by atoms with Crippen LogP contribution in [-0.2, 0) is 10.9 Å². The van der Waals surface area contributed by atoms with Crippen LogP contribution in [0.1, 0.15) is 34.5 Å². The molecule has 1 saturated heterocycles. The Balaban J connectivity index is 1.57. The average Bonchev–Trinajstić information content (AvgIpc) is 2.84. The first kappa shape index (κ1) is 24.3. The van der Waals surface area contributed by atoms with Gasteiger partial charge in [0.1, 0.15) is 0 Å². The van der Waals surface area contributed by atoms with E-state index in [-0.39, 0.29) is 22.4 Å². The predicted octanol–water partition coefficient (Wildman–Crippen LogP) is 3.77. The van der Waals surface area contributed by atoms with Crippen LogP contribution in [0.4, 0.5) is 24.5 Å². The van der Waals surface area contributed by atoms with Gasteiger partial charge in [-0.3, -0.25) is 14.2 Å². The van der Waals surface area contributed by atoms with Crippen molar-refractivity contribution in [2.75, 3.05) is 36.9 Å². The zero-order chi connectivity index (χ0) is 25.2. The maximum absolute atomic E-state index is 13.1. The molecule has 0 bridgehead atoms. The van der Waals surface area contributed by atoms with E-state index in [1.54, 1.807) is 13.0 Å². The van der Waals surface area contributed by atoms with Crippen LogP contribution in [0.15, 0.2) is 65.6 Å². The van der Waals surface area contributed by atoms with E-state index in [4.69, 9.17) is 10.5 Å². The molecule has 0 unspecified atom stereocenters. The van der Waals surface area contributed by atoms with Gasteiger partial charge in [0.2, 0.25) is 0 Å². The molecule has 2 heterocycles. The number of nitrogens with zero attached hydrogens (tertiary/aromatic N) is 2. The lowest BCUT2D eigenvalue weighted by Gasteiger charge is -2.29.